The van der Waals surface area contributed by atoms with Crippen LogP contribution in [0.4, 0.5) is 0 Å². The van der Waals surface area contributed by atoms with Gasteiger partial charge in [-0.3, -0.25) is 14.6 Å². The molecule has 180 valence electrons. The number of amides is 1. The van der Waals surface area contributed by atoms with Crippen molar-refractivity contribution in [2.45, 2.75) is 44.9 Å². The number of pyridine rings is 1. The Kier molecular flexibility index (Phi) is 8.13. The molecule has 1 atom stereocenters. The van der Waals surface area contributed by atoms with Crippen molar-refractivity contribution in [1.82, 2.24) is 20.2 Å². The number of hydrogen-bond donors (Lipinski definition) is 2. The number of piperazine rings is 1. The van der Waals surface area contributed by atoms with Crippen molar-refractivity contribution in [3.05, 3.63) is 56.6 Å². The van der Waals surface area contributed by atoms with Crippen LogP contribution in [0.5, 0.6) is 0 Å². The number of halogens is 1. The van der Waals surface area contributed by atoms with E-state index in [4.69, 9.17) is 21.7 Å². The lowest BCUT2D eigenvalue weighted by molar-refractivity contribution is -0.137. The van der Waals surface area contributed by atoms with Gasteiger partial charge in [-0.2, -0.15) is 0 Å². The highest BCUT2D eigenvalue weighted by Gasteiger charge is 2.26. The van der Waals surface area contributed by atoms with Crippen molar-refractivity contribution in [3.63, 3.8) is 0 Å². The molecule has 1 aliphatic heterocycles. The number of thiazole rings is 1. The number of nitrogens with one attached hydrogen (secondary N) is 1. The third-order valence-electron chi connectivity index (χ3n) is 6.20. The highest BCUT2D eigenvalue weighted by Crippen LogP contribution is 2.38. The minimum absolute atomic E-state index is 0.0692. The van der Waals surface area contributed by atoms with Crippen molar-refractivity contribution in [2.24, 2.45) is 0 Å². The first-order valence-corrected chi connectivity index (χ1v) is 13.0. The van der Waals surface area contributed by atoms with Crippen LogP contribution in [0.1, 0.15) is 58.7 Å². The van der Waals surface area contributed by atoms with Gasteiger partial charge in [0, 0.05) is 66.7 Å². The van der Waals surface area contributed by atoms with Gasteiger partial charge in [-0.25, -0.2) is 4.98 Å². The number of carbonyl (C=O) groups excluding carboxylic acids is 1. The normalized spacial score (nSPS) is 17.6. The molecular formula is C25H29ClN4O3S. The maximum atomic E-state index is 12.9. The predicted molar refractivity (Wildman–Crippen MR) is 135 cm³/mol. The summed E-state index contributed by atoms with van der Waals surface area (Å²) in [5.41, 5.74) is 3.70. The van der Waals surface area contributed by atoms with Gasteiger partial charge < -0.3 is 15.3 Å². The highest BCUT2D eigenvalue weighted by molar-refractivity contribution is 7.09. The van der Waals surface area contributed by atoms with Crippen molar-refractivity contribution in [3.8, 4) is 0 Å². The van der Waals surface area contributed by atoms with Crippen LogP contribution in [0.15, 0.2) is 29.8 Å². The summed E-state index contributed by atoms with van der Waals surface area (Å²) in [5, 5.41) is 16.1. The molecule has 7 nitrogen and oxygen atoms in total. The van der Waals surface area contributed by atoms with Crippen molar-refractivity contribution >= 4 is 45.7 Å². The molecule has 1 unspecified atom stereocenters. The Hall–Kier alpha value is -2.55. The lowest BCUT2D eigenvalue weighted by Crippen LogP contribution is -2.46. The Morgan fingerprint density at radius 2 is 2.09 bits per heavy atom. The summed E-state index contributed by atoms with van der Waals surface area (Å²) in [6.07, 6.45) is 5.71. The molecule has 2 aromatic heterocycles. The SMILES string of the molecule is CCCC(=O)O.O=C(c1ccc2c(Cl)c3c(nc2c1)CC(c1nccs1)CC3)N1CCNCC1. The number of rotatable bonds is 4. The number of fused-ring (bicyclic) bond motifs is 2. The first-order valence-electron chi connectivity index (χ1n) is 11.7. The molecule has 0 saturated carbocycles. The zero-order valence-electron chi connectivity index (χ0n) is 19.2. The maximum absolute atomic E-state index is 12.9. The Labute approximate surface area is 208 Å². The fraction of sp³-hybridized carbons (Fsp3) is 0.440. The maximum Gasteiger partial charge on any atom is 0.303 e. The molecule has 34 heavy (non-hydrogen) atoms. The topological polar surface area (TPSA) is 95.4 Å². The summed E-state index contributed by atoms with van der Waals surface area (Å²) in [7, 11) is 0. The summed E-state index contributed by atoms with van der Waals surface area (Å²) in [6, 6.07) is 5.74. The fourth-order valence-electron chi connectivity index (χ4n) is 4.43. The molecule has 2 aliphatic rings. The number of hydrogen-bond acceptors (Lipinski definition) is 6. The van der Waals surface area contributed by atoms with E-state index < -0.39 is 5.97 Å². The van der Waals surface area contributed by atoms with Gasteiger partial charge in [0.15, 0.2) is 0 Å². The Morgan fingerprint density at radius 1 is 1.29 bits per heavy atom. The standard InChI is InChI=1S/C21H21ClN4OS.C4H8O2/c22-19-15-3-1-13(20-24-7-10-28-20)11-17(15)25-18-12-14(2-4-16(18)19)21(27)26-8-5-23-6-9-26;1-2-3-4(5)6/h2,4,7,10,12-13,23H,1,3,5-6,8-9,11H2;2-3H2,1H3,(H,5,6). The molecule has 1 aromatic carbocycles. The number of aliphatic carboxylic acids is 1. The second-order valence-corrected chi connectivity index (χ2v) is 9.88. The summed E-state index contributed by atoms with van der Waals surface area (Å²) in [6.45, 7) is 5.01. The molecule has 0 bridgehead atoms. The number of carboxylic acid groups (broad SMARTS) is 1. The van der Waals surface area contributed by atoms with Gasteiger partial charge in [-0.05, 0) is 43.4 Å². The monoisotopic (exact) mass is 500 g/mol. The highest BCUT2D eigenvalue weighted by atomic mass is 35.5. The number of carboxylic acids is 1. The van der Waals surface area contributed by atoms with Gasteiger partial charge in [-0.15, -0.1) is 11.3 Å². The molecule has 0 spiro atoms. The lowest BCUT2D eigenvalue weighted by Gasteiger charge is -2.27. The average molecular weight is 501 g/mol. The number of benzene rings is 1. The quantitative estimate of drug-likeness (QED) is 0.546. The Balaban J connectivity index is 0.000000408. The Bertz CT molecular complexity index is 1160. The van der Waals surface area contributed by atoms with Crippen LogP contribution in [0, 0.1) is 0 Å². The van der Waals surface area contributed by atoms with Crippen LogP contribution >= 0.6 is 22.9 Å². The van der Waals surface area contributed by atoms with Crippen LogP contribution in [-0.2, 0) is 17.6 Å². The molecule has 1 fully saturated rings. The number of carbonyl (C=O) groups is 2. The van der Waals surface area contributed by atoms with E-state index in [9.17, 15) is 9.59 Å². The van der Waals surface area contributed by atoms with E-state index in [1.165, 1.54) is 5.01 Å². The Morgan fingerprint density at radius 3 is 2.74 bits per heavy atom. The second-order valence-electron chi connectivity index (χ2n) is 8.58. The molecule has 2 N–H and O–H groups in total. The average Bonchev–Trinajstić information content (AvgIpc) is 3.39. The molecular weight excluding hydrogens is 472 g/mol. The van der Waals surface area contributed by atoms with Gasteiger partial charge in [0.1, 0.15) is 0 Å². The van der Waals surface area contributed by atoms with Crippen LogP contribution < -0.4 is 5.32 Å². The third-order valence-corrected chi connectivity index (χ3v) is 7.57. The van der Waals surface area contributed by atoms with Crippen molar-refractivity contribution in [2.75, 3.05) is 26.2 Å². The fourth-order valence-corrected chi connectivity index (χ4v) is 5.57. The predicted octanol–water partition coefficient (Wildman–Crippen LogP) is 4.53. The van der Waals surface area contributed by atoms with Crippen molar-refractivity contribution in [1.29, 1.82) is 0 Å². The minimum Gasteiger partial charge on any atom is -0.481 e. The first-order chi connectivity index (χ1) is 16.5. The molecule has 5 rings (SSSR count). The van der Waals surface area contributed by atoms with E-state index in [0.717, 1.165) is 79.0 Å². The first kappa shape index (κ1) is 24.6. The number of aromatic nitrogens is 2. The zero-order valence-corrected chi connectivity index (χ0v) is 20.8. The van der Waals surface area contributed by atoms with E-state index in [2.05, 4.69) is 10.3 Å². The smallest absolute Gasteiger partial charge is 0.303 e. The van der Waals surface area contributed by atoms with Gasteiger partial charge in [0.25, 0.3) is 5.91 Å². The summed E-state index contributed by atoms with van der Waals surface area (Å²) < 4.78 is 0. The van der Waals surface area contributed by atoms with Gasteiger partial charge >= 0.3 is 5.97 Å². The zero-order chi connectivity index (χ0) is 24.1. The summed E-state index contributed by atoms with van der Waals surface area (Å²) in [5.74, 6) is -0.239. The van der Waals surface area contributed by atoms with E-state index in [1.54, 1.807) is 11.3 Å². The van der Waals surface area contributed by atoms with Gasteiger partial charge in [-0.1, -0.05) is 24.6 Å². The van der Waals surface area contributed by atoms with Crippen molar-refractivity contribution < 1.29 is 14.7 Å². The van der Waals surface area contributed by atoms with E-state index >= 15 is 0 Å². The molecule has 3 heterocycles. The summed E-state index contributed by atoms with van der Waals surface area (Å²) >= 11 is 8.46. The lowest BCUT2D eigenvalue weighted by atomic mass is 9.86. The molecule has 1 amide bonds. The third kappa shape index (κ3) is 5.56. The van der Waals surface area contributed by atoms with Gasteiger partial charge in [0.2, 0.25) is 0 Å². The van der Waals surface area contributed by atoms with Crippen LogP contribution in [0.3, 0.4) is 0 Å². The largest absolute Gasteiger partial charge is 0.481 e. The van der Waals surface area contributed by atoms with Crippen LogP contribution in [0.2, 0.25) is 5.02 Å². The minimum atomic E-state index is -0.711. The van der Waals surface area contributed by atoms with E-state index in [-0.39, 0.29) is 5.91 Å². The molecule has 1 aliphatic carbocycles. The van der Waals surface area contributed by atoms with Crippen LogP contribution in [-0.4, -0.2) is 58.0 Å². The van der Waals surface area contributed by atoms with E-state index in [0.29, 0.717) is 17.9 Å². The van der Waals surface area contributed by atoms with E-state index in [1.807, 2.05) is 41.6 Å². The molecule has 3 aromatic rings. The molecule has 0 radical (unpaired) electrons. The second kappa shape index (κ2) is 11.3. The van der Waals surface area contributed by atoms with Gasteiger partial charge in [0.05, 0.1) is 15.5 Å². The number of nitrogens with zero attached hydrogens (tertiary/aromatic N) is 3. The summed E-state index contributed by atoms with van der Waals surface area (Å²) in [4.78, 5) is 33.8. The molecule has 1 saturated heterocycles. The van der Waals surface area contributed by atoms with Crippen LogP contribution in [0.25, 0.3) is 10.9 Å². The molecule has 9 heteroatoms.